The van der Waals surface area contributed by atoms with Crippen molar-refractivity contribution in [2.75, 3.05) is 0 Å². The van der Waals surface area contributed by atoms with Crippen molar-refractivity contribution in [3.63, 3.8) is 0 Å². The quantitative estimate of drug-likeness (QED) is 0.209. The van der Waals surface area contributed by atoms with Crippen LogP contribution in [0.2, 0.25) is 0 Å². The molecule has 0 radical (unpaired) electrons. The summed E-state index contributed by atoms with van der Waals surface area (Å²) in [7, 11) is 0. The van der Waals surface area contributed by atoms with Crippen LogP contribution in [0.4, 0.5) is 26.3 Å². The van der Waals surface area contributed by atoms with E-state index in [1.807, 2.05) is 0 Å². The first-order valence-corrected chi connectivity index (χ1v) is 7.53. The predicted molar refractivity (Wildman–Crippen MR) is 72.9 cm³/mol. The summed E-state index contributed by atoms with van der Waals surface area (Å²) in [6, 6.07) is 0.693. The number of halogens is 6. The monoisotopic (exact) mass is 326 g/mol. The Kier molecular flexibility index (Phi) is 8.35. The Labute approximate surface area is 126 Å². The number of hydrogen-bond donors (Lipinski definition) is 0. The van der Waals surface area contributed by atoms with Crippen molar-refractivity contribution < 1.29 is 26.3 Å². The molecule has 126 valence electrons. The molecule has 0 saturated heterocycles. The van der Waals surface area contributed by atoms with Crippen molar-refractivity contribution in [2.24, 2.45) is 0 Å². The number of rotatable bonds is 10. The molecule has 0 spiro atoms. The van der Waals surface area contributed by atoms with E-state index < -0.39 is 29.7 Å². The van der Waals surface area contributed by atoms with Gasteiger partial charge in [0.05, 0.1) is 0 Å². The highest BCUT2D eigenvalue weighted by molar-refractivity contribution is 5.21. The van der Waals surface area contributed by atoms with Gasteiger partial charge in [-0.25, -0.2) is 26.3 Å². The number of alkyl halides is 2. The molecule has 0 amide bonds. The van der Waals surface area contributed by atoms with Crippen LogP contribution in [0, 0.1) is 23.3 Å². The van der Waals surface area contributed by atoms with Crippen LogP contribution in [0.15, 0.2) is 6.07 Å². The molecule has 22 heavy (non-hydrogen) atoms. The van der Waals surface area contributed by atoms with E-state index in [0.717, 1.165) is 32.1 Å². The summed E-state index contributed by atoms with van der Waals surface area (Å²) in [5.74, 6) is -6.27. The molecule has 0 unspecified atom stereocenters. The summed E-state index contributed by atoms with van der Waals surface area (Å²) in [5, 5.41) is 0. The van der Waals surface area contributed by atoms with Crippen LogP contribution >= 0.6 is 0 Å². The van der Waals surface area contributed by atoms with E-state index in [9.17, 15) is 26.3 Å². The molecule has 1 aromatic rings. The number of unbranched alkanes of at least 4 members (excludes halogenated alkanes) is 6. The minimum atomic E-state index is -2.24. The minimum absolute atomic E-state index is 0.0685. The zero-order chi connectivity index (χ0) is 16.5. The fourth-order valence-corrected chi connectivity index (χ4v) is 2.30. The minimum Gasteiger partial charge on any atom is -0.211 e. The Morgan fingerprint density at radius 3 is 1.82 bits per heavy atom. The molecule has 1 rings (SSSR count). The molecular weight excluding hydrogens is 306 g/mol. The summed E-state index contributed by atoms with van der Waals surface area (Å²) in [6.07, 6.45) is 2.98. The topological polar surface area (TPSA) is 0 Å². The smallest absolute Gasteiger partial charge is 0.211 e. The van der Waals surface area contributed by atoms with Gasteiger partial charge in [-0.1, -0.05) is 32.1 Å². The maximum Gasteiger partial charge on any atom is 0.238 e. The van der Waals surface area contributed by atoms with Gasteiger partial charge in [-0.15, -0.1) is 0 Å². The summed E-state index contributed by atoms with van der Waals surface area (Å²) in [4.78, 5) is 0. The van der Waals surface area contributed by atoms with Crippen molar-refractivity contribution >= 4 is 0 Å². The van der Waals surface area contributed by atoms with Crippen LogP contribution in [0.25, 0.3) is 0 Å². The molecular formula is C16H20F6. The van der Waals surface area contributed by atoms with Gasteiger partial charge in [0, 0.05) is 6.42 Å². The highest BCUT2D eigenvalue weighted by Gasteiger charge is 2.18. The molecule has 0 N–H and O–H groups in total. The van der Waals surface area contributed by atoms with Crippen molar-refractivity contribution in [3.8, 4) is 0 Å². The zero-order valence-corrected chi connectivity index (χ0v) is 12.3. The number of benzene rings is 1. The lowest BCUT2D eigenvalue weighted by molar-refractivity contribution is 0.133. The van der Waals surface area contributed by atoms with Gasteiger partial charge in [0.1, 0.15) is 0 Å². The fraction of sp³-hybridized carbons (Fsp3) is 0.625. The third-order valence-electron chi connectivity index (χ3n) is 3.55. The first-order chi connectivity index (χ1) is 10.4. The molecule has 6 heteroatoms. The van der Waals surface area contributed by atoms with E-state index >= 15 is 0 Å². The van der Waals surface area contributed by atoms with Crippen LogP contribution in [0.3, 0.4) is 0 Å². The molecule has 0 heterocycles. The molecule has 0 saturated carbocycles. The third-order valence-corrected chi connectivity index (χ3v) is 3.55. The highest BCUT2D eigenvalue weighted by Crippen LogP contribution is 2.21. The van der Waals surface area contributed by atoms with Crippen molar-refractivity contribution in [1.29, 1.82) is 0 Å². The lowest BCUT2D eigenvalue weighted by Gasteiger charge is -2.06. The number of aryl methyl sites for hydroxylation is 1. The lowest BCUT2D eigenvalue weighted by Crippen LogP contribution is -2.01. The maximum atomic E-state index is 13.4. The molecule has 0 atom stereocenters. The van der Waals surface area contributed by atoms with Gasteiger partial charge < -0.3 is 0 Å². The van der Waals surface area contributed by atoms with E-state index in [1.54, 1.807) is 0 Å². The van der Waals surface area contributed by atoms with Crippen molar-refractivity contribution in [1.82, 2.24) is 0 Å². The van der Waals surface area contributed by atoms with E-state index in [1.165, 1.54) is 0 Å². The summed E-state index contributed by atoms with van der Waals surface area (Å²) >= 11 is 0. The molecule has 0 aliphatic carbocycles. The second kappa shape index (κ2) is 9.74. The fourth-order valence-electron chi connectivity index (χ4n) is 2.30. The van der Waals surface area contributed by atoms with E-state index in [2.05, 4.69) is 0 Å². The van der Waals surface area contributed by atoms with Crippen LogP contribution in [-0.2, 0) is 6.42 Å². The van der Waals surface area contributed by atoms with Gasteiger partial charge in [-0.2, -0.15) is 0 Å². The average Bonchev–Trinajstić information content (AvgIpc) is 2.48. The normalized spacial score (nSPS) is 11.4. The number of hydrogen-bond acceptors (Lipinski definition) is 0. The molecule has 0 aliphatic heterocycles. The Hall–Kier alpha value is -1.20. The van der Waals surface area contributed by atoms with Gasteiger partial charge in [0.2, 0.25) is 6.43 Å². The standard InChI is InChI=1S/C16H20F6/c17-12-10-11(14(20)16(22)15(12)21)8-6-4-2-1-3-5-7-9-13(18)19/h10,13H,1-9H2. The van der Waals surface area contributed by atoms with Crippen molar-refractivity contribution in [2.45, 2.75) is 64.2 Å². The Morgan fingerprint density at radius 2 is 1.23 bits per heavy atom. The highest BCUT2D eigenvalue weighted by atomic mass is 19.3. The maximum absolute atomic E-state index is 13.4. The molecule has 1 aromatic carbocycles. The van der Waals surface area contributed by atoms with Gasteiger partial charge >= 0.3 is 0 Å². The molecule has 0 bridgehead atoms. The van der Waals surface area contributed by atoms with Crippen LogP contribution < -0.4 is 0 Å². The second-order valence-electron chi connectivity index (χ2n) is 5.36. The summed E-state index contributed by atoms with van der Waals surface area (Å²) in [6.45, 7) is 0. The Balaban J connectivity index is 2.18. The third kappa shape index (κ3) is 6.28. The lowest BCUT2D eigenvalue weighted by atomic mass is 10.0. The Bertz CT molecular complexity index is 458. The molecule has 0 fully saturated rings. The first-order valence-electron chi connectivity index (χ1n) is 7.53. The first kappa shape index (κ1) is 18.8. The van der Waals surface area contributed by atoms with E-state index in [0.29, 0.717) is 18.9 Å². The van der Waals surface area contributed by atoms with Crippen LogP contribution in [0.1, 0.15) is 56.9 Å². The van der Waals surface area contributed by atoms with Gasteiger partial charge in [-0.3, -0.25) is 0 Å². The largest absolute Gasteiger partial charge is 0.238 e. The van der Waals surface area contributed by atoms with Gasteiger partial charge in [-0.05, 0) is 30.9 Å². The van der Waals surface area contributed by atoms with Crippen molar-refractivity contribution in [3.05, 3.63) is 34.9 Å². The van der Waals surface area contributed by atoms with E-state index in [4.69, 9.17) is 0 Å². The summed E-state index contributed by atoms with van der Waals surface area (Å²) in [5.41, 5.74) is -0.159. The van der Waals surface area contributed by atoms with Crippen LogP contribution in [0.5, 0.6) is 0 Å². The zero-order valence-electron chi connectivity index (χ0n) is 12.3. The molecule has 0 aromatic heterocycles. The Morgan fingerprint density at radius 1 is 0.682 bits per heavy atom. The van der Waals surface area contributed by atoms with Gasteiger partial charge in [0.25, 0.3) is 0 Å². The second-order valence-corrected chi connectivity index (χ2v) is 5.36. The summed E-state index contributed by atoms with van der Waals surface area (Å²) < 4.78 is 75.9. The van der Waals surface area contributed by atoms with Crippen LogP contribution in [-0.4, -0.2) is 6.43 Å². The molecule has 0 aliphatic rings. The molecule has 0 nitrogen and oxygen atoms in total. The van der Waals surface area contributed by atoms with Gasteiger partial charge in [0.15, 0.2) is 23.3 Å². The average molecular weight is 326 g/mol. The predicted octanol–water partition coefficient (Wildman–Crippen LogP) is 6.17. The van der Waals surface area contributed by atoms with E-state index in [-0.39, 0.29) is 18.4 Å². The SMILES string of the molecule is Fc1cc(CCCCCCCCCC(F)F)c(F)c(F)c1F.